The molecule has 0 spiro atoms. The maximum atomic E-state index is 11.0. The summed E-state index contributed by atoms with van der Waals surface area (Å²) in [6.45, 7) is 8.95. The van der Waals surface area contributed by atoms with E-state index in [1.807, 2.05) is 19.1 Å². The van der Waals surface area contributed by atoms with Crippen LogP contribution in [0.4, 0.5) is 0 Å². The van der Waals surface area contributed by atoms with Gasteiger partial charge in [-0.25, -0.2) is 9.97 Å². The first-order valence-corrected chi connectivity index (χ1v) is 11.7. The van der Waals surface area contributed by atoms with E-state index in [1.165, 1.54) is 18.3 Å². The third kappa shape index (κ3) is 6.54. The van der Waals surface area contributed by atoms with E-state index in [1.54, 1.807) is 0 Å². The van der Waals surface area contributed by atoms with Gasteiger partial charge in [0.15, 0.2) is 4.83 Å². The van der Waals surface area contributed by atoms with Crippen molar-refractivity contribution in [3.63, 3.8) is 0 Å². The third-order valence-electron chi connectivity index (χ3n) is 5.23. The van der Waals surface area contributed by atoms with Crippen LogP contribution in [0.2, 0.25) is 0 Å². The van der Waals surface area contributed by atoms with Gasteiger partial charge in [-0.1, -0.05) is 31.6 Å². The summed E-state index contributed by atoms with van der Waals surface area (Å²) in [6, 6.07) is 3.85. The first-order chi connectivity index (χ1) is 14.5. The molecule has 1 fully saturated rings. The molecular weight excluding hydrogens is 402 g/mol. The van der Waals surface area contributed by atoms with Gasteiger partial charge in [-0.05, 0) is 44.6 Å². The second-order valence-corrected chi connectivity index (χ2v) is 9.04. The molecular formula is C22H33N3O4S. The molecule has 2 aromatic rings. The molecule has 0 bridgehead atoms. The Labute approximate surface area is 182 Å². The molecule has 7 nitrogen and oxygen atoms in total. The standard InChI is InChI=1S/C22H33N3O4S/c1-5-7-17(6-2)29-22-24-19-8-9-20(25-21(19)30-22)28-13-16-10-18(11-16)27-12-14(3)23-15(4)26/h8-9,14,16-18H,5-7,10-13H2,1-4H3,(H,23,26)/t14-,16-,17?,18-/m0/s1. The van der Waals surface area contributed by atoms with Gasteiger partial charge >= 0.3 is 0 Å². The minimum Gasteiger partial charge on any atom is -0.477 e. The summed E-state index contributed by atoms with van der Waals surface area (Å²) in [5.41, 5.74) is 0.846. The zero-order chi connectivity index (χ0) is 21.5. The van der Waals surface area contributed by atoms with Crippen molar-refractivity contribution in [2.45, 2.75) is 78.0 Å². The number of nitrogens with zero attached hydrogens (tertiary/aromatic N) is 2. The van der Waals surface area contributed by atoms with Crippen molar-refractivity contribution in [1.29, 1.82) is 0 Å². The average molecular weight is 436 g/mol. The molecule has 30 heavy (non-hydrogen) atoms. The topological polar surface area (TPSA) is 82.6 Å². The van der Waals surface area contributed by atoms with Crippen molar-refractivity contribution in [1.82, 2.24) is 15.3 Å². The molecule has 166 valence electrons. The fourth-order valence-corrected chi connectivity index (χ4v) is 4.39. The van der Waals surface area contributed by atoms with Crippen LogP contribution in [0.25, 0.3) is 10.3 Å². The van der Waals surface area contributed by atoms with E-state index < -0.39 is 0 Å². The van der Waals surface area contributed by atoms with Crippen molar-refractivity contribution in [2.24, 2.45) is 5.92 Å². The first kappa shape index (κ1) is 22.7. The number of hydrogen-bond acceptors (Lipinski definition) is 7. The van der Waals surface area contributed by atoms with Crippen LogP contribution in [0.5, 0.6) is 11.1 Å². The molecule has 1 amide bonds. The molecule has 1 aliphatic rings. The number of carbonyl (C=O) groups excluding carboxylic acids is 1. The van der Waals surface area contributed by atoms with Crippen molar-refractivity contribution >= 4 is 27.6 Å². The Kier molecular flexibility index (Phi) is 8.27. The van der Waals surface area contributed by atoms with Crippen LogP contribution in [0.15, 0.2) is 12.1 Å². The summed E-state index contributed by atoms with van der Waals surface area (Å²) in [4.78, 5) is 21.0. The number of pyridine rings is 1. The van der Waals surface area contributed by atoms with Crippen molar-refractivity contribution < 1.29 is 19.0 Å². The van der Waals surface area contributed by atoms with E-state index >= 15 is 0 Å². The highest BCUT2D eigenvalue weighted by molar-refractivity contribution is 7.19. The number of hydrogen-bond donors (Lipinski definition) is 1. The summed E-state index contributed by atoms with van der Waals surface area (Å²) < 4.78 is 17.8. The minimum absolute atomic E-state index is 0.0266. The van der Waals surface area contributed by atoms with Gasteiger partial charge in [0.05, 0.1) is 19.3 Å². The monoisotopic (exact) mass is 435 g/mol. The Bertz CT molecular complexity index is 822. The lowest BCUT2D eigenvalue weighted by atomic mass is 9.83. The van der Waals surface area contributed by atoms with Gasteiger partial charge in [0, 0.05) is 19.0 Å². The van der Waals surface area contributed by atoms with Crippen LogP contribution in [0.3, 0.4) is 0 Å². The van der Waals surface area contributed by atoms with E-state index in [9.17, 15) is 4.79 Å². The van der Waals surface area contributed by atoms with Gasteiger partial charge < -0.3 is 19.5 Å². The average Bonchev–Trinajstić information content (AvgIpc) is 3.07. The van der Waals surface area contributed by atoms with Crippen LogP contribution in [0.1, 0.15) is 59.8 Å². The molecule has 2 heterocycles. The maximum Gasteiger partial charge on any atom is 0.276 e. The largest absolute Gasteiger partial charge is 0.477 e. The number of ether oxygens (including phenoxy) is 3. The third-order valence-corrected chi connectivity index (χ3v) is 6.09. The highest BCUT2D eigenvalue weighted by Crippen LogP contribution is 2.32. The lowest BCUT2D eigenvalue weighted by Crippen LogP contribution is -2.40. The summed E-state index contributed by atoms with van der Waals surface area (Å²) >= 11 is 1.47. The molecule has 1 aliphatic carbocycles. The fraction of sp³-hybridized carbons (Fsp3) is 0.682. The number of carbonyl (C=O) groups is 1. The van der Waals surface area contributed by atoms with Gasteiger partial charge in [0.2, 0.25) is 11.8 Å². The predicted molar refractivity (Wildman–Crippen MR) is 118 cm³/mol. The Balaban J connectivity index is 1.42. The molecule has 0 saturated heterocycles. The molecule has 2 atom stereocenters. The summed E-state index contributed by atoms with van der Waals surface area (Å²) in [7, 11) is 0. The van der Waals surface area contributed by atoms with Crippen LogP contribution < -0.4 is 14.8 Å². The van der Waals surface area contributed by atoms with E-state index in [2.05, 4.69) is 29.1 Å². The maximum absolute atomic E-state index is 11.0. The van der Waals surface area contributed by atoms with E-state index in [0.29, 0.717) is 30.2 Å². The van der Waals surface area contributed by atoms with Gasteiger partial charge in [-0.15, -0.1) is 0 Å². The van der Waals surface area contributed by atoms with Crippen molar-refractivity contribution in [2.75, 3.05) is 13.2 Å². The normalized spacial score (nSPS) is 20.4. The van der Waals surface area contributed by atoms with Crippen molar-refractivity contribution in [3.05, 3.63) is 12.1 Å². The smallest absolute Gasteiger partial charge is 0.276 e. The summed E-state index contributed by atoms with van der Waals surface area (Å²) in [6.07, 6.45) is 5.52. The Morgan fingerprint density at radius 1 is 1.30 bits per heavy atom. The highest BCUT2D eigenvalue weighted by Gasteiger charge is 2.31. The lowest BCUT2D eigenvalue weighted by Gasteiger charge is -2.35. The number of rotatable bonds is 12. The molecule has 3 rings (SSSR count). The van der Waals surface area contributed by atoms with Crippen LogP contribution >= 0.6 is 11.3 Å². The SMILES string of the molecule is CCCC(CC)Oc1nc2ccc(OC[C@H]3C[C@H](OC[C@H](C)NC(C)=O)C3)nc2s1. The quantitative estimate of drug-likeness (QED) is 0.534. The Morgan fingerprint density at radius 2 is 2.10 bits per heavy atom. The molecule has 0 aliphatic heterocycles. The van der Waals surface area contributed by atoms with E-state index in [0.717, 1.165) is 42.5 Å². The van der Waals surface area contributed by atoms with Crippen LogP contribution in [0, 0.1) is 5.92 Å². The number of aromatic nitrogens is 2. The van der Waals surface area contributed by atoms with Gasteiger partial charge in [0.25, 0.3) is 5.19 Å². The first-order valence-electron chi connectivity index (χ1n) is 10.9. The van der Waals surface area contributed by atoms with E-state index in [4.69, 9.17) is 14.2 Å². The molecule has 1 N–H and O–H groups in total. The molecule has 1 unspecified atom stereocenters. The molecule has 2 aromatic heterocycles. The second-order valence-electron chi connectivity index (χ2n) is 8.10. The minimum atomic E-state index is -0.0266. The lowest BCUT2D eigenvalue weighted by molar-refractivity contribution is -0.120. The Hall–Kier alpha value is -1.93. The van der Waals surface area contributed by atoms with Crippen LogP contribution in [-0.2, 0) is 9.53 Å². The zero-order valence-corrected chi connectivity index (χ0v) is 19.2. The summed E-state index contributed by atoms with van der Waals surface area (Å²) in [5.74, 6) is 1.08. The molecule has 1 saturated carbocycles. The fourth-order valence-electron chi connectivity index (χ4n) is 3.54. The highest BCUT2D eigenvalue weighted by atomic mass is 32.1. The van der Waals surface area contributed by atoms with Gasteiger partial charge in [-0.3, -0.25) is 4.79 Å². The number of fused-ring (bicyclic) bond motifs is 1. The molecule has 8 heteroatoms. The van der Waals surface area contributed by atoms with Gasteiger partial charge in [-0.2, -0.15) is 0 Å². The zero-order valence-electron chi connectivity index (χ0n) is 18.3. The van der Waals surface area contributed by atoms with Crippen LogP contribution in [-0.4, -0.2) is 47.3 Å². The number of nitrogens with one attached hydrogen (secondary N) is 1. The molecule has 0 radical (unpaired) electrons. The second kappa shape index (κ2) is 10.9. The predicted octanol–water partition coefficient (Wildman–Crippen LogP) is 4.35. The Morgan fingerprint density at radius 3 is 2.80 bits per heavy atom. The van der Waals surface area contributed by atoms with E-state index in [-0.39, 0.29) is 24.2 Å². The van der Waals surface area contributed by atoms with Crippen molar-refractivity contribution in [3.8, 4) is 11.1 Å². The molecule has 0 aromatic carbocycles. The summed E-state index contributed by atoms with van der Waals surface area (Å²) in [5, 5.41) is 3.51. The number of thiazole rings is 1. The number of amides is 1. The van der Waals surface area contributed by atoms with Gasteiger partial charge in [0.1, 0.15) is 11.6 Å².